The topological polar surface area (TPSA) is 56.2 Å². The van der Waals surface area contributed by atoms with Crippen LogP contribution in [0.15, 0.2) is 6.07 Å². The lowest BCUT2D eigenvalue weighted by atomic mass is 9.85. The smallest absolute Gasteiger partial charge is 0.194 e. The molecule has 0 aromatic carbocycles. The highest BCUT2D eigenvalue weighted by atomic mass is 16.3. The van der Waals surface area contributed by atoms with Crippen LogP contribution >= 0.6 is 0 Å². The van der Waals surface area contributed by atoms with Crippen LogP contribution in [0.2, 0.25) is 0 Å². The Hall–Kier alpha value is -1.12. The molecular formula is C10H15NO2. The van der Waals surface area contributed by atoms with Crippen molar-refractivity contribution in [2.75, 3.05) is 0 Å². The SMILES string of the molecule is Oc1cc(C2CCCCC2)c(O)[nH]1. The maximum atomic E-state index is 9.47. The first-order valence-electron chi connectivity index (χ1n) is 4.88. The van der Waals surface area contributed by atoms with E-state index in [1.54, 1.807) is 6.07 Å². The molecule has 0 amide bonds. The van der Waals surface area contributed by atoms with Gasteiger partial charge in [0.25, 0.3) is 0 Å². The van der Waals surface area contributed by atoms with Crippen molar-refractivity contribution in [3.63, 3.8) is 0 Å². The Balaban J connectivity index is 2.18. The molecule has 0 unspecified atom stereocenters. The van der Waals surface area contributed by atoms with Crippen LogP contribution in [0.5, 0.6) is 11.8 Å². The second-order valence-corrected chi connectivity index (χ2v) is 3.79. The molecule has 3 nitrogen and oxygen atoms in total. The molecule has 0 saturated heterocycles. The average molecular weight is 181 g/mol. The van der Waals surface area contributed by atoms with Gasteiger partial charge in [0.15, 0.2) is 11.8 Å². The van der Waals surface area contributed by atoms with E-state index in [-0.39, 0.29) is 11.8 Å². The summed E-state index contributed by atoms with van der Waals surface area (Å²) in [6, 6.07) is 1.64. The summed E-state index contributed by atoms with van der Waals surface area (Å²) >= 11 is 0. The zero-order chi connectivity index (χ0) is 9.26. The molecule has 1 aromatic heterocycles. The van der Waals surface area contributed by atoms with Crippen LogP contribution in [0.3, 0.4) is 0 Å². The van der Waals surface area contributed by atoms with Gasteiger partial charge in [-0.1, -0.05) is 19.3 Å². The molecular weight excluding hydrogens is 166 g/mol. The molecule has 0 bridgehead atoms. The van der Waals surface area contributed by atoms with Crippen molar-refractivity contribution in [1.82, 2.24) is 4.98 Å². The minimum absolute atomic E-state index is 0.0677. The van der Waals surface area contributed by atoms with E-state index >= 15 is 0 Å². The summed E-state index contributed by atoms with van der Waals surface area (Å²) in [6.45, 7) is 0. The van der Waals surface area contributed by atoms with Gasteiger partial charge in [0.1, 0.15) is 0 Å². The van der Waals surface area contributed by atoms with Crippen LogP contribution in [-0.4, -0.2) is 15.2 Å². The number of hydrogen-bond acceptors (Lipinski definition) is 2. The monoisotopic (exact) mass is 181 g/mol. The standard InChI is InChI=1S/C10H15NO2/c12-9-6-8(10(13)11-9)7-4-2-1-3-5-7/h6-7,11-13H,1-5H2. The van der Waals surface area contributed by atoms with Crippen molar-refractivity contribution in [2.24, 2.45) is 0 Å². The van der Waals surface area contributed by atoms with Gasteiger partial charge >= 0.3 is 0 Å². The van der Waals surface area contributed by atoms with Crippen molar-refractivity contribution in [1.29, 1.82) is 0 Å². The van der Waals surface area contributed by atoms with E-state index in [1.165, 1.54) is 19.3 Å². The average Bonchev–Trinajstić information content (AvgIpc) is 2.47. The third-order valence-electron chi connectivity index (χ3n) is 2.86. The third kappa shape index (κ3) is 1.64. The Kier molecular flexibility index (Phi) is 2.17. The largest absolute Gasteiger partial charge is 0.495 e. The lowest BCUT2D eigenvalue weighted by molar-refractivity contribution is 0.403. The van der Waals surface area contributed by atoms with Gasteiger partial charge in [0.2, 0.25) is 0 Å². The van der Waals surface area contributed by atoms with Crippen LogP contribution in [0.1, 0.15) is 43.6 Å². The van der Waals surface area contributed by atoms with E-state index in [2.05, 4.69) is 4.98 Å². The molecule has 3 heteroatoms. The number of H-pyrrole nitrogens is 1. The third-order valence-corrected chi connectivity index (χ3v) is 2.86. The Morgan fingerprint density at radius 2 is 1.85 bits per heavy atom. The van der Waals surface area contributed by atoms with Crippen LogP contribution < -0.4 is 0 Å². The van der Waals surface area contributed by atoms with Crippen LogP contribution in [0.4, 0.5) is 0 Å². The Morgan fingerprint density at radius 1 is 1.15 bits per heavy atom. The first kappa shape index (κ1) is 8.48. The number of hydrogen-bond donors (Lipinski definition) is 3. The lowest BCUT2D eigenvalue weighted by Gasteiger charge is -2.20. The maximum Gasteiger partial charge on any atom is 0.194 e. The summed E-state index contributed by atoms with van der Waals surface area (Å²) in [6.07, 6.45) is 6.02. The fraction of sp³-hybridized carbons (Fsp3) is 0.600. The van der Waals surface area contributed by atoms with E-state index in [0.29, 0.717) is 5.92 Å². The molecule has 13 heavy (non-hydrogen) atoms. The summed E-state index contributed by atoms with van der Waals surface area (Å²) in [7, 11) is 0. The fourth-order valence-electron chi connectivity index (χ4n) is 2.17. The van der Waals surface area contributed by atoms with Gasteiger partial charge in [-0.15, -0.1) is 0 Å². The minimum Gasteiger partial charge on any atom is -0.495 e. The second-order valence-electron chi connectivity index (χ2n) is 3.79. The molecule has 72 valence electrons. The molecule has 1 aliphatic rings. The van der Waals surface area contributed by atoms with Gasteiger partial charge in [0.05, 0.1) is 0 Å². The zero-order valence-electron chi connectivity index (χ0n) is 7.58. The van der Waals surface area contributed by atoms with Crippen molar-refractivity contribution in [3.8, 4) is 11.8 Å². The quantitative estimate of drug-likeness (QED) is 0.623. The van der Waals surface area contributed by atoms with Gasteiger partial charge in [-0.05, 0) is 18.8 Å². The molecule has 0 aliphatic heterocycles. The molecule has 1 aromatic rings. The first-order chi connectivity index (χ1) is 6.27. The minimum atomic E-state index is 0.0677. The Bertz CT molecular complexity index is 287. The zero-order valence-corrected chi connectivity index (χ0v) is 7.58. The van der Waals surface area contributed by atoms with Gasteiger partial charge in [-0.3, -0.25) is 4.98 Å². The summed E-state index contributed by atoms with van der Waals surface area (Å²) in [5, 5.41) is 18.6. The maximum absolute atomic E-state index is 9.47. The molecule has 0 spiro atoms. The molecule has 1 fully saturated rings. The van der Waals surface area contributed by atoms with Crippen molar-refractivity contribution >= 4 is 0 Å². The van der Waals surface area contributed by atoms with E-state index in [1.807, 2.05) is 0 Å². The van der Waals surface area contributed by atoms with E-state index in [4.69, 9.17) is 5.11 Å². The number of aromatic amines is 1. The molecule has 2 rings (SSSR count). The van der Waals surface area contributed by atoms with Gasteiger partial charge < -0.3 is 10.2 Å². The van der Waals surface area contributed by atoms with Crippen molar-refractivity contribution in [3.05, 3.63) is 11.6 Å². The number of aromatic hydroxyl groups is 2. The highest BCUT2D eigenvalue weighted by molar-refractivity contribution is 5.35. The molecule has 1 aliphatic carbocycles. The molecule has 0 atom stereocenters. The van der Waals surface area contributed by atoms with E-state index < -0.39 is 0 Å². The van der Waals surface area contributed by atoms with Crippen LogP contribution in [0.25, 0.3) is 0 Å². The van der Waals surface area contributed by atoms with Gasteiger partial charge in [-0.25, -0.2) is 0 Å². The van der Waals surface area contributed by atoms with Crippen molar-refractivity contribution in [2.45, 2.75) is 38.0 Å². The lowest BCUT2D eigenvalue weighted by Crippen LogP contribution is -2.03. The highest BCUT2D eigenvalue weighted by Gasteiger charge is 2.20. The Labute approximate surface area is 77.4 Å². The molecule has 1 heterocycles. The number of rotatable bonds is 1. The van der Waals surface area contributed by atoms with Gasteiger partial charge in [-0.2, -0.15) is 0 Å². The molecule has 3 N–H and O–H groups in total. The highest BCUT2D eigenvalue weighted by Crippen LogP contribution is 2.38. The normalized spacial score (nSPS) is 19.1. The number of aromatic nitrogens is 1. The summed E-state index contributed by atoms with van der Waals surface area (Å²) in [4.78, 5) is 2.52. The van der Waals surface area contributed by atoms with Gasteiger partial charge in [0, 0.05) is 11.6 Å². The summed E-state index contributed by atoms with van der Waals surface area (Å²) in [5.74, 6) is 0.647. The first-order valence-corrected chi connectivity index (χ1v) is 4.88. The molecule has 0 radical (unpaired) electrons. The molecule has 1 saturated carbocycles. The number of nitrogens with one attached hydrogen (secondary N) is 1. The Morgan fingerprint density at radius 3 is 2.38 bits per heavy atom. The van der Waals surface area contributed by atoms with Crippen LogP contribution in [0, 0.1) is 0 Å². The van der Waals surface area contributed by atoms with E-state index in [9.17, 15) is 5.11 Å². The van der Waals surface area contributed by atoms with Crippen LogP contribution in [-0.2, 0) is 0 Å². The summed E-state index contributed by atoms with van der Waals surface area (Å²) < 4.78 is 0. The predicted molar refractivity (Wildman–Crippen MR) is 49.9 cm³/mol. The summed E-state index contributed by atoms with van der Waals surface area (Å²) in [5.41, 5.74) is 0.886. The van der Waals surface area contributed by atoms with E-state index in [0.717, 1.165) is 18.4 Å². The van der Waals surface area contributed by atoms with Crippen molar-refractivity contribution < 1.29 is 10.2 Å². The fourth-order valence-corrected chi connectivity index (χ4v) is 2.17. The second kappa shape index (κ2) is 3.32. The predicted octanol–water partition coefficient (Wildman–Crippen LogP) is 2.47.